The van der Waals surface area contributed by atoms with Crippen LogP contribution in [0.1, 0.15) is 139 Å². The van der Waals surface area contributed by atoms with Crippen molar-refractivity contribution in [2.45, 2.75) is 129 Å². The Hall–Kier alpha value is -5.91. The molecule has 0 saturated heterocycles. The van der Waals surface area contributed by atoms with Gasteiger partial charge in [-0.1, -0.05) is 26.0 Å². The fourth-order valence-corrected chi connectivity index (χ4v) is 6.08. The third-order valence-electron chi connectivity index (χ3n) is 9.60. The van der Waals surface area contributed by atoms with Crippen LogP contribution in [0.5, 0.6) is 23.0 Å². The Morgan fingerprint density at radius 2 is 0.935 bits per heavy atom. The van der Waals surface area contributed by atoms with E-state index in [4.69, 9.17) is 33.2 Å². The van der Waals surface area contributed by atoms with E-state index in [1.807, 2.05) is 27.7 Å². The summed E-state index contributed by atoms with van der Waals surface area (Å²) in [4.78, 5) is 60.8. The molecule has 0 saturated carbocycles. The molecule has 0 atom stereocenters. The normalized spacial score (nSPS) is 11.2. The van der Waals surface area contributed by atoms with Crippen molar-refractivity contribution in [1.29, 1.82) is 0 Å². The molecule has 0 spiro atoms. The summed E-state index contributed by atoms with van der Waals surface area (Å²) in [5.74, 6) is -0.220. The Balaban J connectivity index is 1.26. The standard InChI is InChI=1S/C50H64O12/c1-8-44(51)58-36-18-12-11-17-35-57-41-26-22-39(23-27-41)48(55)60-43-30-28-42(29-31-43)59-47(54)38-20-24-40(25-21-38)56-34-16-10-9-14-32-49(4,5)61-45(52)19-13-15-33-50(6,7)62-46(53)37(2)3/h8,20-31H,1-2,9-19,32-36H2,3-7H3. The van der Waals surface area contributed by atoms with Crippen LogP contribution >= 0.6 is 0 Å². The van der Waals surface area contributed by atoms with Crippen molar-refractivity contribution < 1.29 is 57.1 Å². The molecule has 0 radical (unpaired) electrons. The predicted octanol–water partition coefficient (Wildman–Crippen LogP) is 10.9. The molecule has 0 bridgehead atoms. The Labute approximate surface area is 366 Å². The lowest BCUT2D eigenvalue weighted by Crippen LogP contribution is -2.29. The summed E-state index contributed by atoms with van der Waals surface area (Å²) in [7, 11) is 0. The minimum absolute atomic E-state index is 0.219. The Bertz CT molecular complexity index is 1890. The lowest BCUT2D eigenvalue weighted by atomic mass is 9.99. The van der Waals surface area contributed by atoms with Gasteiger partial charge in [-0.05, 0) is 172 Å². The van der Waals surface area contributed by atoms with Crippen LogP contribution in [-0.4, -0.2) is 60.9 Å². The van der Waals surface area contributed by atoms with Gasteiger partial charge in [0.05, 0.1) is 30.9 Å². The average molecular weight is 857 g/mol. The van der Waals surface area contributed by atoms with E-state index in [1.165, 1.54) is 0 Å². The zero-order valence-corrected chi connectivity index (χ0v) is 37.1. The minimum Gasteiger partial charge on any atom is -0.494 e. The molecule has 3 aromatic rings. The topological polar surface area (TPSA) is 150 Å². The largest absolute Gasteiger partial charge is 0.494 e. The number of esters is 5. The fraction of sp³-hybridized carbons (Fsp3) is 0.460. The van der Waals surface area contributed by atoms with Gasteiger partial charge in [-0.15, -0.1) is 0 Å². The van der Waals surface area contributed by atoms with Gasteiger partial charge < -0.3 is 33.2 Å². The molecule has 0 fully saturated rings. The molecule has 12 heteroatoms. The van der Waals surface area contributed by atoms with Crippen molar-refractivity contribution >= 4 is 29.8 Å². The monoisotopic (exact) mass is 856 g/mol. The molecule has 0 heterocycles. The summed E-state index contributed by atoms with van der Waals surface area (Å²) >= 11 is 0. The molecule has 0 N–H and O–H groups in total. The Kier molecular flexibility index (Phi) is 21.5. The number of unbranched alkanes of at least 4 members (excludes halogenated alkanes) is 7. The maximum absolute atomic E-state index is 12.8. The molecule has 0 aliphatic carbocycles. The van der Waals surface area contributed by atoms with Crippen molar-refractivity contribution in [3.05, 3.63) is 109 Å². The molecule has 0 aliphatic rings. The highest BCUT2D eigenvalue weighted by atomic mass is 16.6. The molecular weight excluding hydrogens is 793 g/mol. The van der Waals surface area contributed by atoms with Crippen molar-refractivity contribution in [2.24, 2.45) is 0 Å². The quantitative estimate of drug-likeness (QED) is 0.0215. The molecule has 336 valence electrons. The van der Waals surface area contributed by atoms with Crippen LogP contribution in [0.4, 0.5) is 0 Å². The maximum atomic E-state index is 12.8. The van der Waals surface area contributed by atoms with E-state index in [0.29, 0.717) is 78.8 Å². The third-order valence-corrected chi connectivity index (χ3v) is 9.60. The first-order valence-electron chi connectivity index (χ1n) is 21.5. The molecule has 62 heavy (non-hydrogen) atoms. The summed E-state index contributed by atoms with van der Waals surface area (Å²) in [6.45, 7) is 17.6. The number of hydrogen-bond acceptors (Lipinski definition) is 12. The molecule has 12 nitrogen and oxygen atoms in total. The first-order chi connectivity index (χ1) is 29.6. The Morgan fingerprint density at radius 3 is 1.39 bits per heavy atom. The minimum atomic E-state index is -0.615. The summed E-state index contributed by atoms with van der Waals surface area (Å²) in [6.07, 6.45) is 11.5. The molecule has 3 rings (SSSR count). The van der Waals surface area contributed by atoms with Crippen molar-refractivity contribution in [3.8, 4) is 23.0 Å². The van der Waals surface area contributed by atoms with Gasteiger partial charge in [0.25, 0.3) is 0 Å². The number of hydrogen-bond donors (Lipinski definition) is 0. The number of ether oxygens (including phenoxy) is 7. The second-order valence-corrected chi connectivity index (χ2v) is 16.3. The van der Waals surface area contributed by atoms with Gasteiger partial charge in [0.15, 0.2) is 0 Å². The second kappa shape index (κ2) is 26.4. The van der Waals surface area contributed by atoms with Gasteiger partial charge in [0.2, 0.25) is 0 Å². The average Bonchev–Trinajstić information content (AvgIpc) is 3.23. The molecule has 3 aromatic carbocycles. The zero-order chi connectivity index (χ0) is 45.4. The summed E-state index contributed by atoms with van der Waals surface area (Å²) in [6, 6.07) is 19.6. The van der Waals surface area contributed by atoms with Crippen LogP contribution in [-0.2, 0) is 28.6 Å². The van der Waals surface area contributed by atoms with Crippen molar-refractivity contribution in [3.63, 3.8) is 0 Å². The van der Waals surface area contributed by atoms with E-state index in [0.717, 1.165) is 70.3 Å². The molecule has 0 aliphatic heterocycles. The summed E-state index contributed by atoms with van der Waals surface area (Å²) in [5, 5.41) is 0. The highest BCUT2D eigenvalue weighted by Crippen LogP contribution is 2.24. The molecular formula is C50H64O12. The van der Waals surface area contributed by atoms with E-state index in [9.17, 15) is 24.0 Å². The Morgan fingerprint density at radius 1 is 0.532 bits per heavy atom. The first-order valence-corrected chi connectivity index (χ1v) is 21.5. The predicted molar refractivity (Wildman–Crippen MR) is 237 cm³/mol. The van der Waals surface area contributed by atoms with Gasteiger partial charge in [-0.3, -0.25) is 4.79 Å². The van der Waals surface area contributed by atoms with E-state index < -0.39 is 35.1 Å². The molecule has 0 amide bonds. The lowest BCUT2D eigenvalue weighted by Gasteiger charge is -2.26. The van der Waals surface area contributed by atoms with Crippen LogP contribution in [0.3, 0.4) is 0 Å². The van der Waals surface area contributed by atoms with Crippen LogP contribution in [0.15, 0.2) is 97.6 Å². The molecule has 0 unspecified atom stereocenters. The lowest BCUT2D eigenvalue weighted by molar-refractivity contribution is -0.158. The number of carbonyl (C=O) groups excluding carboxylic acids is 5. The van der Waals surface area contributed by atoms with E-state index in [-0.39, 0.29) is 5.97 Å². The van der Waals surface area contributed by atoms with Crippen LogP contribution in [0, 0.1) is 0 Å². The highest BCUT2D eigenvalue weighted by molar-refractivity contribution is 5.92. The van der Waals surface area contributed by atoms with Crippen molar-refractivity contribution in [1.82, 2.24) is 0 Å². The highest BCUT2D eigenvalue weighted by Gasteiger charge is 2.25. The maximum Gasteiger partial charge on any atom is 0.343 e. The van der Waals surface area contributed by atoms with Gasteiger partial charge >= 0.3 is 29.8 Å². The van der Waals surface area contributed by atoms with Gasteiger partial charge in [0, 0.05) is 18.1 Å². The first kappa shape index (κ1) is 50.4. The van der Waals surface area contributed by atoms with E-state index in [1.54, 1.807) is 79.7 Å². The van der Waals surface area contributed by atoms with E-state index >= 15 is 0 Å². The zero-order valence-electron chi connectivity index (χ0n) is 37.1. The van der Waals surface area contributed by atoms with Gasteiger partial charge in [0.1, 0.15) is 34.2 Å². The van der Waals surface area contributed by atoms with Crippen LogP contribution in [0.2, 0.25) is 0 Å². The van der Waals surface area contributed by atoms with Crippen molar-refractivity contribution in [2.75, 3.05) is 19.8 Å². The van der Waals surface area contributed by atoms with Gasteiger partial charge in [-0.2, -0.15) is 0 Å². The van der Waals surface area contributed by atoms with E-state index in [2.05, 4.69) is 13.2 Å². The summed E-state index contributed by atoms with van der Waals surface area (Å²) < 4.78 is 38.8. The molecule has 0 aromatic heterocycles. The summed E-state index contributed by atoms with van der Waals surface area (Å²) in [5.41, 5.74) is -0.0805. The fourth-order valence-electron chi connectivity index (χ4n) is 6.08. The second-order valence-electron chi connectivity index (χ2n) is 16.3. The number of rotatable bonds is 29. The third kappa shape index (κ3) is 20.6. The number of benzene rings is 3. The smallest absolute Gasteiger partial charge is 0.343 e. The van der Waals surface area contributed by atoms with Crippen LogP contribution < -0.4 is 18.9 Å². The van der Waals surface area contributed by atoms with Crippen LogP contribution in [0.25, 0.3) is 0 Å². The SMILES string of the molecule is C=CC(=O)OCCCCCCOc1ccc(C(=O)Oc2ccc(OC(=O)c3ccc(OCCCCCCC(C)(C)OC(=O)CCCCC(C)(C)OC(=O)C(=C)C)cc3)cc2)cc1. The number of carbonyl (C=O) groups is 5. The van der Waals surface area contributed by atoms with Gasteiger partial charge in [-0.25, -0.2) is 19.2 Å².